The van der Waals surface area contributed by atoms with Gasteiger partial charge in [-0.2, -0.15) is 0 Å². The SMILES string of the molecule is Cc1cccc2c(C[C@@H](C)N)c[nH]c12. The van der Waals surface area contributed by atoms with Crippen molar-refractivity contribution in [1.82, 2.24) is 4.98 Å². The number of H-pyrrole nitrogens is 1. The molecule has 1 atom stereocenters. The number of rotatable bonds is 2. The second kappa shape index (κ2) is 3.46. The van der Waals surface area contributed by atoms with Crippen molar-refractivity contribution in [3.8, 4) is 0 Å². The van der Waals surface area contributed by atoms with Crippen molar-refractivity contribution >= 4 is 10.9 Å². The predicted molar refractivity (Wildman–Crippen MR) is 60.4 cm³/mol. The fourth-order valence-electron chi connectivity index (χ4n) is 1.88. The normalized spacial score (nSPS) is 13.4. The van der Waals surface area contributed by atoms with E-state index in [4.69, 9.17) is 5.73 Å². The van der Waals surface area contributed by atoms with E-state index in [0.29, 0.717) is 0 Å². The third kappa shape index (κ3) is 1.53. The van der Waals surface area contributed by atoms with Crippen LogP contribution in [0.5, 0.6) is 0 Å². The lowest BCUT2D eigenvalue weighted by molar-refractivity contribution is 0.741. The van der Waals surface area contributed by atoms with E-state index in [2.05, 4.69) is 36.3 Å². The van der Waals surface area contributed by atoms with E-state index in [0.717, 1.165) is 6.42 Å². The van der Waals surface area contributed by atoms with E-state index in [1.54, 1.807) is 0 Å². The predicted octanol–water partition coefficient (Wildman–Crippen LogP) is 2.37. The summed E-state index contributed by atoms with van der Waals surface area (Å²) in [6.07, 6.45) is 3.00. The minimum Gasteiger partial charge on any atom is -0.361 e. The van der Waals surface area contributed by atoms with E-state index in [1.807, 2.05) is 6.92 Å². The quantitative estimate of drug-likeness (QED) is 0.746. The standard InChI is InChI=1S/C12H16N2/c1-8-4-3-5-11-10(6-9(2)13)7-14-12(8)11/h3-5,7,9,14H,6,13H2,1-2H3/t9-/m1/s1. The van der Waals surface area contributed by atoms with Crippen LogP contribution < -0.4 is 5.73 Å². The molecule has 1 heterocycles. The largest absolute Gasteiger partial charge is 0.361 e. The van der Waals surface area contributed by atoms with Crippen molar-refractivity contribution in [2.45, 2.75) is 26.3 Å². The maximum Gasteiger partial charge on any atom is 0.0486 e. The summed E-state index contributed by atoms with van der Waals surface area (Å²) in [5.74, 6) is 0. The lowest BCUT2D eigenvalue weighted by atomic mass is 10.1. The van der Waals surface area contributed by atoms with Crippen LogP contribution in [0.15, 0.2) is 24.4 Å². The number of hydrogen-bond donors (Lipinski definition) is 2. The molecule has 0 aliphatic rings. The number of para-hydroxylation sites is 1. The number of aromatic amines is 1. The van der Waals surface area contributed by atoms with Gasteiger partial charge in [0.25, 0.3) is 0 Å². The number of fused-ring (bicyclic) bond motifs is 1. The minimum absolute atomic E-state index is 0.217. The smallest absolute Gasteiger partial charge is 0.0486 e. The van der Waals surface area contributed by atoms with Crippen LogP contribution in [-0.2, 0) is 6.42 Å². The van der Waals surface area contributed by atoms with Gasteiger partial charge in [0.1, 0.15) is 0 Å². The molecule has 0 saturated carbocycles. The summed E-state index contributed by atoms with van der Waals surface area (Å²) in [4.78, 5) is 3.31. The Labute approximate surface area is 84.1 Å². The fraction of sp³-hybridized carbons (Fsp3) is 0.333. The molecule has 0 unspecified atom stereocenters. The van der Waals surface area contributed by atoms with Gasteiger partial charge in [-0.25, -0.2) is 0 Å². The van der Waals surface area contributed by atoms with Gasteiger partial charge in [-0.15, -0.1) is 0 Å². The molecule has 2 rings (SSSR count). The van der Waals surface area contributed by atoms with Gasteiger partial charge in [0.2, 0.25) is 0 Å². The zero-order valence-corrected chi connectivity index (χ0v) is 8.67. The first kappa shape index (κ1) is 9.28. The number of nitrogens with one attached hydrogen (secondary N) is 1. The summed E-state index contributed by atoms with van der Waals surface area (Å²) >= 11 is 0. The van der Waals surface area contributed by atoms with Crippen molar-refractivity contribution in [2.75, 3.05) is 0 Å². The Bertz CT molecular complexity index is 441. The second-order valence-electron chi connectivity index (χ2n) is 3.99. The number of aromatic nitrogens is 1. The summed E-state index contributed by atoms with van der Waals surface area (Å²) < 4.78 is 0. The number of aryl methyl sites for hydroxylation is 1. The monoisotopic (exact) mass is 188 g/mol. The van der Waals surface area contributed by atoms with Crippen LogP contribution in [0.3, 0.4) is 0 Å². The molecule has 0 radical (unpaired) electrons. The lowest BCUT2D eigenvalue weighted by Crippen LogP contribution is -2.17. The van der Waals surface area contributed by atoms with Gasteiger partial charge in [0.15, 0.2) is 0 Å². The van der Waals surface area contributed by atoms with Gasteiger partial charge >= 0.3 is 0 Å². The molecule has 2 heteroatoms. The Hall–Kier alpha value is -1.28. The van der Waals surface area contributed by atoms with Crippen molar-refractivity contribution in [3.63, 3.8) is 0 Å². The van der Waals surface area contributed by atoms with Gasteiger partial charge in [-0.3, -0.25) is 0 Å². The summed E-state index contributed by atoms with van der Waals surface area (Å²) in [6, 6.07) is 6.58. The van der Waals surface area contributed by atoms with Crippen LogP contribution in [-0.4, -0.2) is 11.0 Å². The topological polar surface area (TPSA) is 41.8 Å². The van der Waals surface area contributed by atoms with E-state index < -0.39 is 0 Å². The summed E-state index contributed by atoms with van der Waals surface area (Å²) in [5.41, 5.74) is 9.65. The highest BCUT2D eigenvalue weighted by Crippen LogP contribution is 2.21. The second-order valence-corrected chi connectivity index (χ2v) is 3.99. The van der Waals surface area contributed by atoms with Crippen molar-refractivity contribution in [2.24, 2.45) is 5.73 Å². The van der Waals surface area contributed by atoms with Gasteiger partial charge in [-0.1, -0.05) is 18.2 Å². The van der Waals surface area contributed by atoms with Crippen LogP contribution in [0.1, 0.15) is 18.1 Å². The Morgan fingerprint density at radius 2 is 2.21 bits per heavy atom. The van der Waals surface area contributed by atoms with Gasteiger partial charge in [0, 0.05) is 23.1 Å². The van der Waals surface area contributed by atoms with Crippen molar-refractivity contribution in [1.29, 1.82) is 0 Å². The molecule has 74 valence electrons. The van der Waals surface area contributed by atoms with E-state index in [9.17, 15) is 0 Å². The lowest BCUT2D eigenvalue weighted by Gasteiger charge is -2.03. The average molecular weight is 188 g/mol. The zero-order chi connectivity index (χ0) is 10.1. The molecule has 0 saturated heterocycles. The third-order valence-corrected chi connectivity index (χ3v) is 2.55. The minimum atomic E-state index is 0.217. The molecule has 1 aromatic heterocycles. The molecule has 0 bridgehead atoms. The highest BCUT2D eigenvalue weighted by Gasteiger charge is 2.06. The first-order valence-corrected chi connectivity index (χ1v) is 4.99. The first-order chi connectivity index (χ1) is 6.68. The van der Waals surface area contributed by atoms with E-state index in [-0.39, 0.29) is 6.04 Å². The molecular formula is C12H16N2. The summed E-state index contributed by atoms with van der Waals surface area (Å²) in [6.45, 7) is 4.16. The fourth-order valence-corrected chi connectivity index (χ4v) is 1.88. The number of nitrogens with two attached hydrogens (primary N) is 1. The van der Waals surface area contributed by atoms with E-state index >= 15 is 0 Å². The highest BCUT2D eigenvalue weighted by molar-refractivity contribution is 5.85. The van der Waals surface area contributed by atoms with Crippen molar-refractivity contribution in [3.05, 3.63) is 35.5 Å². The third-order valence-electron chi connectivity index (χ3n) is 2.55. The van der Waals surface area contributed by atoms with Gasteiger partial charge in [-0.05, 0) is 31.4 Å². The molecule has 3 N–H and O–H groups in total. The van der Waals surface area contributed by atoms with E-state index in [1.165, 1.54) is 22.0 Å². The summed E-state index contributed by atoms with van der Waals surface area (Å²) in [7, 11) is 0. The molecule has 0 spiro atoms. The Morgan fingerprint density at radius 3 is 2.93 bits per heavy atom. The van der Waals surface area contributed by atoms with Crippen LogP contribution in [0.4, 0.5) is 0 Å². The molecule has 2 nitrogen and oxygen atoms in total. The van der Waals surface area contributed by atoms with Crippen LogP contribution >= 0.6 is 0 Å². The van der Waals surface area contributed by atoms with Crippen LogP contribution in [0, 0.1) is 6.92 Å². The Balaban J connectivity index is 2.52. The molecular weight excluding hydrogens is 172 g/mol. The van der Waals surface area contributed by atoms with Gasteiger partial charge in [0.05, 0.1) is 0 Å². The molecule has 0 aliphatic heterocycles. The highest BCUT2D eigenvalue weighted by atomic mass is 14.7. The maximum atomic E-state index is 5.80. The summed E-state index contributed by atoms with van der Waals surface area (Å²) in [5, 5.41) is 1.31. The molecule has 0 fully saturated rings. The Morgan fingerprint density at radius 1 is 1.43 bits per heavy atom. The number of benzene rings is 1. The van der Waals surface area contributed by atoms with Crippen LogP contribution in [0.25, 0.3) is 10.9 Å². The Kier molecular flexibility index (Phi) is 2.30. The average Bonchev–Trinajstić information content (AvgIpc) is 2.49. The zero-order valence-electron chi connectivity index (χ0n) is 8.67. The molecule has 0 aliphatic carbocycles. The van der Waals surface area contributed by atoms with Crippen LogP contribution in [0.2, 0.25) is 0 Å². The molecule has 2 aromatic rings. The number of hydrogen-bond acceptors (Lipinski definition) is 1. The molecule has 1 aromatic carbocycles. The molecule has 14 heavy (non-hydrogen) atoms. The van der Waals surface area contributed by atoms with Crippen molar-refractivity contribution < 1.29 is 0 Å². The molecule has 0 amide bonds. The first-order valence-electron chi connectivity index (χ1n) is 4.99. The maximum absolute atomic E-state index is 5.80. The van der Waals surface area contributed by atoms with Gasteiger partial charge < -0.3 is 10.7 Å².